The van der Waals surface area contributed by atoms with E-state index in [1.54, 1.807) is 0 Å². The highest BCUT2D eigenvalue weighted by Gasteiger charge is 2.47. The van der Waals surface area contributed by atoms with Crippen molar-refractivity contribution in [3.8, 4) is 0 Å². The fourth-order valence-corrected chi connectivity index (χ4v) is 2.80. The number of hydrogen-bond acceptors (Lipinski definition) is 2. The molecule has 8 heteroatoms. The second kappa shape index (κ2) is 5.57. The van der Waals surface area contributed by atoms with Crippen LogP contribution in [0.15, 0.2) is 22.7 Å². The molecule has 21 heavy (non-hydrogen) atoms. The zero-order chi connectivity index (χ0) is 15.8. The first-order valence-electron chi connectivity index (χ1n) is 6.15. The Morgan fingerprint density at radius 2 is 2.00 bits per heavy atom. The summed E-state index contributed by atoms with van der Waals surface area (Å²) in [4.78, 5) is 12.4. The van der Waals surface area contributed by atoms with Crippen LogP contribution in [0.2, 0.25) is 0 Å². The molecule has 1 aliphatic rings. The number of thiocarbonyl (C=S) groups is 1. The van der Waals surface area contributed by atoms with Gasteiger partial charge in [-0.2, -0.15) is 13.2 Å². The highest BCUT2D eigenvalue weighted by Crippen LogP contribution is 2.43. The number of halogens is 4. The van der Waals surface area contributed by atoms with E-state index in [9.17, 15) is 18.0 Å². The van der Waals surface area contributed by atoms with Crippen LogP contribution in [0.1, 0.15) is 24.8 Å². The average molecular weight is 381 g/mol. The molecule has 0 aliphatic heterocycles. The fourth-order valence-electron chi connectivity index (χ4n) is 2.16. The van der Waals surface area contributed by atoms with E-state index < -0.39 is 23.1 Å². The maximum atomic E-state index is 12.7. The first-order chi connectivity index (χ1) is 9.67. The van der Waals surface area contributed by atoms with Gasteiger partial charge in [-0.25, -0.2) is 0 Å². The number of alkyl halides is 3. The first-order valence-corrected chi connectivity index (χ1v) is 7.35. The van der Waals surface area contributed by atoms with Gasteiger partial charge < -0.3 is 11.1 Å². The quantitative estimate of drug-likeness (QED) is 0.782. The van der Waals surface area contributed by atoms with Gasteiger partial charge in [0.25, 0.3) is 0 Å². The zero-order valence-electron chi connectivity index (χ0n) is 10.8. The molecular weight excluding hydrogens is 369 g/mol. The molecule has 1 saturated carbocycles. The van der Waals surface area contributed by atoms with Crippen molar-refractivity contribution in [1.29, 1.82) is 0 Å². The third-order valence-corrected chi connectivity index (χ3v) is 4.74. The molecule has 3 nitrogen and oxygen atoms in total. The Morgan fingerprint density at radius 1 is 1.38 bits per heavy atom. The summed E-state index contributed by atoms with van der Waals surface area (Å²) in [5.41, 5.74) is 3.88. The summed E-state index contributed by atoms with van der Waals surface area (Å²) in [7, 11) is 0. The highest BCUT2D eigenvalue weighted by molar-refractivity contribution is 9.10. The molecule has 1 aromatic rings. The maximum absolute atomic E-state index is 12.7. The minimum atomic E-state index is -4.47. The Bertz CT molecular complexity index is 600. The lowest BCUT2D eigenvalue weighted by Gasteiger charge is -2.39. The second-order valence-electron chi connectivity index (χ2n) is 4.95. The Morgan fingerprint density at radius 3 is 2.43 bits per heavy atom. The molecule has 0 saturated heterocycles. The number of nitrogens with two attached hydrogens (primary N) is 1. The van der Waals surface area contributed by atoms with Gasteiger partial charge in [-0.15, -0.1) is 0 Å². The van der Waals surface area contributed by atoms with Crippen LogP contribution in [0, 0.1) is 5.41 Å². The standard InChI is InChI=1S/C13H12BrF3N2OS/c14-8-3-2-7(13(15,16)17)6-9(8)19-11(20)12(10(18)21)4-1-5-12/h2-3,6H,1,4-5H2,(H2,18,21)(H,19,20). The molecule has 1 fully saturated rings. The Labute approximate surface area is 133 Å². The molecular formula is C13H12BrF3N2OS. The minimum absolute atomic E-state index is 0.0531. The monoisotopic (exact) mass is 380 g/mol. The molecule has 0 bridgehead atoms. The summed E-state index contributed by atoms with van der Waals surface area (Å²) in [5.74, 6) is -0.457. The molecule has 0 atom stereocenters. The van der Waals surface area contributed by atoms with E-state index in [0.717, 1.165) is 18.6 Å². The summed E-state index contributed by atoms with van der Waals surface area (Å²) in [5, 5.41) is 2.49. The number of carbonyl (C=O) groups is 1. The lowest BCUT2D eigenvalue weighted by molar-refractivity contribution is -0.137. The number of rotatable bonds is 3. The van der Waals surface area contributed by atoms with Crippen LogP contribution in [0.5, 0.6) is 0 Å². The van der Waals surface area contributed by atoms with Gasteiger partial charge >= 0.3 is 6.18 Å². The Balaban J connectivity index is 2.27. The van der Waals surface area contributed by atoms with Crippen molar-refractivity contribution in [2.75, 3.05) is 5.32 Å². The molecule has 1 aliphatic carbocycles. The lowest BCUT2D eigenvalue weighted by atomic mass is 9.68. The smallest absolute Gasteiger partial charge is 0.392 e. The summed E-state index contributed by atoms with van der Waals surface area (Å²) < 4.78 is 38.5. The Hall–Kier alpha value is -1.15. The van der Waals surface area contributed by atoms with Gasteiger partial charge in [0.1, 0.15) is 0 Å². The molecule has 2 rings (SSSR count). The van der Waals surface area contributed by atoms with Crippen molar-refractivity contribution in [3.63, 3.8) is 0 Å². The summed E-state index contributed by atoms with van der Waals surface area (Å²) in [6.45, 7) is 0. The first kappa shape index (κ1) is 16.2. The third-order valence-electron chi connectivity index (χ3n) is 3.66. The van der Waals surface area contributed by atoms with E-state index >= 15 is 0 Å². The van der Waals surface area contributed by atoms with Crippen LogP contribution >= 0.6 is 28.1 Å². The second-order valence-corrected chi connectivity index (χ2v) is 6.24. The lowest BCUT2D eigenvalue weighted by Crippen LogP contribution is -2.50. The minimum Gasteiger partial charge on any atom is -0.392 e. The molecule has 1 aromatic carbocycles. The summed E-state index contributed by atoms with van der Waals surface area (Å²) >= 11 is 8.04. The van der Waals surface area contributed by atoms with Crippen LogP contribution in [0.25, 0.3) is 0 Å². The number of anilines is 1. The third kappa shape index (κ3) is 3.06. The van der Waals surface area contributed by atoms with Crippen molar-refractivity contribution in [2.24, 2.45) is 11.1 Å². The van der Waals surface area contributed by atoms with Gasteiger partial charge in [-0.05, 0) is 47.0 Å². The predicted molar refractivity (Wildman–Crippen MR) is 80.8 cm³/mol. The van der Waals surface area contributed by atoms with Crippen LogP contribution in [0.4, 0.5) is 18.9 Å². The van der Waals surface area contributed by atoms with Crippen LogP contribution in [-0.2, 0) is 11.0 Å². The summed E-state index contributed by atoms with van der Waals surface area (Å²) in [6.07, 6.45) is -2.62. The van der Waals surface area contributed by atoms with Gasteiger partial charge in [0, 0.05) is 4.47 Å². The van der Waals surface area contributed by atoms with Crippen molar-refractivity contribution < 1.29 is 18.0 Å². The van der Waals surface area contributed by atoms with Crippen LogP contribution in [0.3, 0.4) is 0 Å². The molecule has 0 radical (unpaired) electrons. The van der Waals surface area contributed by atoms with Crippen LogP contribution < -0.4 is 11.1 Å². The number of carbonyl (C=O) groups excluding carboxylic acids is 1. The van der Waals surface area contributed by atoms with Crippen molar-refractivity contribution in [1.82, 2.24) is 0 Å². The number of hydrogen-bond donors (Lipinski definition) is 2. The largest absolute Gasteiger partial charge is 0.416 e. The topological polar surface area (TPSA) is 55.1 Å². The SMILES string of the molecule is NC(=S)C1(C(=O)Nc2cc(C(F)(F)F)ccc2Br)CCC1. The number of amides is 1. The molecule has 0 aromatic heterocycles. The van der Waals surface area contributed by atoms with Gasteiger partial charge in [-0.1, -0.05) is 18.6 Å². The average Bonchev–Trinajstić information content (AvgIpc) is 2.28. The highest BCUT2D eigenvalue weighted by atomic mass is 79.9. The maximum Gasteiger partial charge on any atom is 0.416 e. The van der Waals surface area contributed by atoms with E-state index in [1.165, 1.54) is 6.07 Å². The molecule has 0 heterocycles. The summed E-state index contributed by atoms with van der Waals surface area (Å²) in [6, 6.07) is 3.06. The van der Waals surface area contributed by atoms with E-state index in [4.69, 9.17) is 18.0 Å². The molecule has 3 N–H and O–H groups in total. The van der Waals surface area contributed by atoms with E-state index in [1.807, 2.05) is 0 Å². The fraction of sp³-hybridized carbons (Fsp3) is 0.385. The Kier molecular flexibility index (Phi) is 4.30. The van der Waals surface area contributed by atoms with Crippen molar-refractivity contribution in [3.05, 3.63) is 28.2 Å². The van der Waals surface area contributed by atoms with Crippen molar-refractivity contribution >= 4 is 44.7 Å². The molecule has 114 valence electrons. The number of benzene rings is 1. The van der Waals surface area contributed by atoms with Gasteiger partial charge in [0.15, 0.2) is 0 Å². The molecule has 0 spiro atoms. The normalized spacial score (nSPS) is 17.0. The number of nitrogens with one attached hydrogen (secondary N) is 1. The van der Waals surface area contributed by atoms with Gasteiger partial charge in [0.2, 0.25) is 5.91 Å². The van der Waals surface area contributed by atoms with Crippen molar-refractivity contribution in [2.45, 2.75) is 25.4 Å². The van der Waals surface area contributed by atoms with Crippen LogP contribution in [-0.4, -0.2) is 10.9 Å². The zero-order valence-corrected chi connectivity index (χ0v) is 13.2. The molecule has 0 unspecified atom stereocenters. The van der Waals surface area contributed by atoms with Gasteiger partial charge in [0.05, 0.1) is 21.7 Å². The van der Waals surface area contributed by atoms with E-state index in [-0.39, 0.29) is 10.7 Å². The van der Waals surface area contributed by atoms with E-state index in [2.05, 4.69) is 21.2 Å². The molecule has 1 amide bonds. The van der Waals surface area contributed by atoms with Gasteiger partial charge in [-0.3, -0.25) is 4.79 Å². The predicted octanol–water partition coefficient (Wildman–Crippen LogP) is 3.86. The van der Waals surface area contributed by atoms with E-state index in [0.29, 0.717) is 17.3 Å².